The summed E-state index contributed by atoms with van der Waals surface area (Å²) < 4.78 is 6.56. The topological polar surface area (TPSA) is 38.5 Å². The van der Waals surface area contributed by atoms with Crippen LogP contribution in [0, 0.1) is 5.92 Å². The number of rotatable bonds is 6. The van der Waals surface area contributed by atoms with E-state index in [1.807, 2.05) is 12.1 Å². The van der Waals surface area contributed by atoms with E-state index in [9.17, 15) is 0 Å². The molecular weight excluding hydrogens is 292 g/mol. The highest BCUT2D eigenvalue weighted by Gasteiger charge is 2.24. The smallest absolute Gasteiger partial charge is 0.123 e. The minimum Gasteiger partial charge on any atom is -0.496 e. The lowest BCUT2D eigenvalue weighted by Gasteiger charge is -2.31. The van der Waals surface area contributed by atoms with Crippen molar-refractivity contribution < 1.29 is 4.74 Å². The van der Waals surface area contributed by atoms with E-state index < -0.39 is 0 Å². The van der Waals surface area contributed by atoms with Crippen molar-refractivity contribution in [1.29, 1.82) is 0 Å². The van der Waals surface area contributed by atoms with Crippen LogP contribution in [0.25, 0.3) is 0 Å². The first-order valence-electron chi connectivity index (χ1n) is 6.21. The molecule has 0 saturated carbocycles. The molecule has 2 N–H and O–H groups in total. The molecule has 0 heterocycles. The molecule has 1 aromatic rings. The summed E-state index contributed by atoms with van der Waals surface area (Å²) >= 11 is 3.53. The zero-order valence-electron chi connectivity index (χ0n) is 11.6. The Labute approximate surface area is 118 Å². The fourth-order valence-corrected chi connectivity index (χ4v) is 2.83. The molecule has 4 heteroatoms. The Morgan fingerprint density at radius 3 is 2.56 bits per heavy atom. The van der Waals surface area contributed by atoms with Gasteiger partial charge in [0.05, 0.1) is 7.11 Å². The number of hydrogen-bond acceptors (Lipinski definition) is 3. The highest BCUT2D eigenvalue weighted by Crippen LogP contribution is 2.36. The number of halogens is 1. The van der Waals surface area contributed by atoms with Crippen molar-refractivity contribution in [3.05, 3.63) is 28.2 Å². The minimum absolute atomic E-state index is 0.306. The molecule has 0 spiro atoms. The summed E-state index contributed by atoms with van der Waals surface area (Å²) in [6.07, 6.45) is 0.999. The molecule has 3 nitrogen and oxygen atoms in total. The second-order valence-corrected chi connectivity index (χ2v) is 5.77. The van der Waals surface area contributed by atoms with Crippen molar-refractivity contribution in [3.8, 4) is 5.75 Å². The molecule has 0 aliphatic rings. The van der Waals surface area contributed by atoms with Gasteiger partial charge < -0.3 is 15.4 Å². The van der Waals surface area contributed by atoms with Crippen LogP contribution in [0.4, 0.5) is 0 Å². The van der Waals surface area contributed by atoms with Crippen LogP contribution < -0.4 is 10.5 Å². The molecule has 0 saturated heterocycles. The minimum atomic E-state index is 0.306. The van der Waals surface area contributed by atoms with Crippen molar-refractivity contribution in [3.63, 3.8) is 0 Å². The summed E-state index contributed by atoms with van der Waals surface area (Å²) in [7, 11) is 5.91. The highest BCUT2D eigenvalue weighted by molar-refractivity contribution is 9.10. The fraction of sp³-hybridized carbons (Fsp3) is 0.571. The first-order chi connectivity index (χ1) is 8.51. The zero-order chi connectivity index (χ0) is 13.7. The molecule has 1 rings (SSSR count). The van der Waals surface area contributed by atoms with Crippen molar-refractivity contribution in [2.45, 2.75) is 19.4 Å². The van der Waals surface area contributed by atoms with Gasteiger partial charge in [-0.1, -0.05) is 22.9 Å². The summed E-state index contributed by atoms with van der Waals surface area (Å²) in [5, 5.41) is 0. The molecule has 1 aromatic carbocycles. The lowest BCUT2D eigenvalue weighted by Crippen LogP contribution is -2.27. The van der Waals surface area contributed by atoms with E-state index in [1.165, 1.54) is 5.56 Å². The van der Waals surface area contributed by atoms with Gasteiger partial charge in [-0.2, -0.15) is 0 Å². The summed E-state index contributed by atoms with van der Waals surface area (Å²) in [4.78, 5) is 2.23. The van der Waals surface area contributed by atoms with Crippen LogP contribution in [0.2, 0.25) is 0 Å². The van der Waals surface area contributed by atoms with Gasteiger partial charge in [0.15, 0.2) is 0 Å². The molecule has 0 fully saturated rings. The Morgan fingerprint density at radius 2 is 2.06 bits per heavy atom. The lowest BCUT2D eigenvalue weighted by molar-refractivity contribution is 0.211. The molecule has 0 bridgehead atoms. The second-order valence-electron chi connectivity index (χ2n) is 4.85. The van der Waals surface area contributed by atoms with E-state index in [4.69, 9.17) is 10.5 Å². The van der Waals surface area contributed by atoms with E-state index in [2.05, 4.69) is 47.9 Å². The maximum absolute atomic E-state index is 5.69. The van der Waals surface area contributed by atoms with Crippen LogP contribution in [0.3, 0.4) is 0 Å². The molecule has 18 heavy (non-hydrogen) atoms. The molecule has 0 aliphatic heterocycles. The van der Waals surface area contributed by atoms with Crippen LogP contribution in [0.15, 0.2) is 22.7 Å². The van der Waals surface area contributed by atoms with E-state index in [-0.39, 0.29) is 0 Å². The maximum Gasteiger partial charge on any atom is 0.123 e. The number of nitrogens with zero attached hydrogens (tertiary/aromatic N) is 1. The normalized spacial score (nSPS) is 14.6. The molecule has 102 valence electrons. The molecule has 0 amide bonds. The van der Waals surface area contributed by atoms with Crippen LogP contribution >= 0.6 is 15.9 Å². The van der Waals surface area contributed by atoms with Gasteiger partial charge in [0.2, 0.25) is 0 Å². The average Bonchev–Trinajstić information content (AvgIpc) is 2.29. The first-order valence-corrected chi connectivity index (χ1v) is 7.00. The van der Waals surface area contributed by atoms with Gasteiger partial charge in [-0.25, -0.2) is 0 Å². The number of hydrogen-bond donors (Lipinski definition) is 1. The third-order valence-electron chi connectivity index (χ3n) is 3.23. The van der Waals surface area contributed by atoms with E-state index in [0.717, 1.165) is 16.6 Å². The quantitative estimate of drug-likeness (QED) is 0.877. The Kier molecular flexibility index (Phi) is 6.12. The number of benzene rings is 1. The van der Waals surface area contributed by atoms with Crippen molar-refractivity contribution in [2.24, 2.45) is 11.7 Å². The Balaban J connectivity index is 3.15. The summed E-state index contributed by atoms with van der Waals surface area (Å²) in [5.74, 6) is 1.41. The maximum atomic E-state index is 5.69. The third kappa shape index (κ3) is 3.70. The van der Waals surface area contributed by atoms with E-state index >= 15 is 0 Å². The van der Waals surface area contributed by atoms with Crippen molar-refractivity contribution in [2.75, 3.05) is 27.7 Å². The van der Waals surface area contributed by atoms with Crippen LogP contribution in [-0.2, 0) is 0 Å². The van der Waals surface area contributed by atoms with Crippen LogP contribution in [0.1, 0.15) is 24.9 Å². The van der Waals surface area contributed by atoms with Gasteiger partial charge in [-0.05, 0) is 51.2 Å². The summed E-state index contributed by atoms with van der Waals surface area (Å²) in [6.45, 7) is 2.94. The SMILES string of the molecule is COc1ccc(Br)cc1C(C(C)CCN)N(C)C. The molecule has 2 atom stereocenters. The monoisotopic (exact) mass is 314 g/mol. The van der Waals surface area contributed by atoms with Gasteiger partial charge in [0, 0.05) is 16.1 Å². The molecule has 0 aromatic heterocycles. The zero-order valence-corrected chi connectivity index (χ0v) is 13.2. The molecule has 0 aliphatic carbocycles. The summed E-state index contributed by atoms with van der Waals surface area (Å²) in [6, 6.07) is 6.45. The summed E-state index contributed by atoms with van der Waals surface area (Å²) in [5.41, 5.74) is 6.89. The van der Waals surface area contributed by atoms with Gasteiger partial charge in [-0.15, -0.1) is 0 Å². The van der Waals surface area contributed by atoms with E-state index in [0.29, 0.717) is 18.5 Å². The second kappa shape index (κ2) is 7.12. The van der Waals surface area contributed by atoms with Crippen LogP contribution in [0.5, 0.6) is 5.75 Å². The fourth-order valence-electron chi connectivity index (χ4n) is 2.45. The largest absolute Gasteiger partial charge is 0.496 e. The number of methoxy groups -OCH3 is 1. The van der Waals surface area contributed by atoms with Gasteiger partial charge in [0.1, 0.15) is 5.75 Å². The van der Waals surface area contributed by atoms with Crippen molar-refractivity contribution >= 4 is 15.9 Å². The lowest BCUT2D eigenvalue weighted by atomic mass is 9.90. The number of nitrogens with two attached hydrogens (primary N) is 1. The Morgan fingerprint density at radius 1 is 1.39 bits per heavy atom. The van der Waals surface area contributed by atoms with Crippen molar-refractivity contribution in [1.82, 2.24) is 4.90 Å². The standard InChI is InChI=1S/C14H23BrN2O/c1-10(7-8-16)14(17(2)3)12-9-11(15)5-6-13(12)18-4/h5-6,9-10,14H,7-8,16H2,1-4H3. The molecule has 2 unspecified atom stereocenters. The highest BCUT2D eigenvalue weighted by atomic mass is 79.9. The van der Waals surface area contributed by atoms with Gasteiger partial charge in [0.25, 0.3) is 0 Å². The van der Waals surface area contributed by atoms with Gasteiger partial charge >= 0.3 is 0 Å². The predicted molar refractivity (Wildman–Crippen MR) is 80.0 cm³/mol. The number of ether oxygens (including phenoxy) is 1. The van der Waals surface area contributed by atoms with Gasteiger partial charge in [-0.3, -0.25) is 0 Å². The Bertz CT molecular complexity index is 382. The molecular formula is C14H23BrN2O. The first kappa shape index (κ1) is 15.5. The Hall–Kier alpha value is -0.580. The predicted octanol–water partition coefficient (Wildman–Crippen LogP) is 3.05. The third-order valence-corrected chi connectivity index (χ3v) is 3.72. The van der Waals surface area contributed by atoms with E-state index in [1.54, 1.807) is 7.11 Å². The van der Waals surface area contributed by atoms with Crippen LogP contribution in [-0.4, -0.2) is 32.6 Å². The average molecular weight is 315 g/mol. The molecule has 0 radical (unpaired) electrons.